The summed E-state index contributed by atoms with van der Waals surface area (Å²) in [6, 6.07) is 6.21. The van der Waals surface area contributed by atoms with Gasteiger partial charge in [0.25, 0.3) is 11.6 Å². The second-order valence-electron chi connectivity index (χ2n) is 4.78. The number of carbonyl (C=O) groups excluding carboxylic acids is 2. The standard InChI is InChI=1S/C15H12N6O4/c16-6-5-13(15(23)19-10-2-1-7-17-8-10)20-14(22)12-4-3-11(9-18-12)21(24)25/h1-4,7-9,13H,5H2,(H,19,23)(H,20,22)/t13-/m0/s1. The van der Waals surface area contributed by atoms with E-state index in [1.807, 2.05) is 6.07 Å². The summed E-state index contributed by atoms with van der Waals surface area (Å²) in [5.41, 5.74) is 0.0420. The van der Waals surface area contributed by atoms with E-state index in [1.54, 1.807) is 12.1 Å². The molecule has 0 bridgehead atoms. The molecule has 2 heterocycles. The molecule has 0 aliphatic carbocycles. The van der Waals surface area contributed by atoms with E-state index in [9.17, 15) is 19.7 Å². The number of rotatable bonds is 6. The number of hydrogen-bond donors (Lipinski definition) is 2. The maximum atomic E-state index is 12.2. The highest BCUT2D eigenvalue weighted by atomic mass is 16.6. The lowest BCUT2D eigenvalue weighted by Gasteiger charge is -2.15. The molecule has 0 aliphatic heterocycles. The van der Waals surface area contributed by atoms with Gasteiger partial charge < -0.3 is 10.6 Å². The van der Waals surface area contributed by atoms with Crippen LogP contribution in [0.1, 0.15) is 16.9 Å². The largest absolute Gasteiger partial charge is 0.338 e. The smallest absolute Gasteiger partial charge is 0.287 e. The SMILES string of the molecule is N#CC[C@H](NC(=O)c1ccc([N+](=O)[O-])cn1)C(=O)Nc1cccnc1. The van der Waals surface area contributed by atoms with Gasteiger partial charge >= 0.3 is 0 Å². The van der Waals surface area contributed by atoms with Crippen LogP contribution in [0.15, 0.2) is 42.9 Å². The number of hydrogen-bond acceptors (Lipinski definition) is 7. The molecule has 10 heteroatoms. The number of amides is 2. The summed E-state index contributed by atoms with van der Waals surface area (Å²) in [5.74, 6) is -1.32. The van der Waals surface area contributed by atoms with E-state index in [0.29, 0.717) is 5.69 Å². The lowest BCUT2D eigenvalue weighted by atomic mass is 10.2. The number of nitro groups is 1. The van der Waals surface area contributed by atoms with Crippen LogP contribution in [0.3, 0.4) is 0 Å². The number of aromatic nitrogens is 2. The minimum atomic E-state index is -1.12. The van der Waals surface area contributed by atoms with Gasteiger partial charge in [-0.25, -0.2) is 4.98 Å². The first-order valence-corrected chi connectivity index (χ1v) is 7.00. The highest BCUT2D eigenvalue weighted by Crippen LogP contribution is 2.09. The second kappa shape index (κ2) is 8.11. The minimum absolute atomic E-state index is 0.109. The Morgan fingerprint density at radius 3 is 2.68 bits per heavy atom. The fourth-order valence-corrected chi connectivity index (χ4v) is 1.83. The molecule has 2 aromatic heterocycles. The first kappa shape index (κ1) is 17.5. The Hall–Kier alpha value is -3.87. The molecule has 1 atom stereocenters. The zero-order chi connectivity index (χ0) is 18.2. The Balaban J connectivity index is 2.07. The molecule has 10 nitrogen and oxygen atoms in total. The van der Waals surface area contributed by atoms with Crippen LogP contribution < -0.4 is 10.6 Å². The summed E-state index contributed by atoms with van der Waals surface area (Å²) >= 11 is 0. The molecule has 0 radical (unpaired) electrons. The predicted octanol–water partition coefficient (Wildman–Crippen LogP) is 1.04. The molecule has 2 rings (SSSR count). The van der Waals surface area contributed by atoms with Gasteiger partial charge in [0.2, 0.25) is 5.91 Å². The van der Waals surface area contributed by atoms with E-state index in [2.05, 4.69) is 20.6 Å². The van der Waals surface area contributed by atoms with Crippen LogP contribution in [0.4, 0.5) is 11.4 Å². The Labute approximate surface area is 141 Å². The van der Waals surface area contributed by atoms with Gasteiger partial charge in [-0.05, 0) is 18.2 Å². The molecular formula is C15H12N6O4. The summed E-state index contributed by atoms with van der Waals surface area (Å²) in [6.07, 6.45) is 3.63. The topological polar surface area (TPSA) is 151 Å². The van der Waals surface area contributed by atoms with E-state index in [-0.39, 0.29) is 17.8 Å². The summed E-state index contributed by atoms with van der Waals surface area (Å²) in [7, 11) is 0. The third-order valence-electron chi connectivity index (χ3n) is 3.04. The van der Waals surface area contributed by atoms with E-state index in [1.165, 1.54) is 12.4 Å². The molecule has 0 saturated carbocycles. The maximum Gasteiger partial charge on any atom is 0.287 e. The lowest BCUT2D eigenvalue weighted by Crippen LogP contribution is -2.43. The van der Waals surface area contributed by atoms with Crippen LogP contribution in [0, 0.1) is 21.4 Å². The van der Waals surface area contributed by atoms with Crippen LogP contribution in [0.25, 0.3) is 0 Å². The van der Waals surface area contributed by atoms with Gasteiger partial charge in [-0.3, -0.25) is 24.7 Å². The summed E-state index contributed by atoms with van der Waals surface area (Å²) in [4.78, 5) is 41.8. The average molecular weight is 340 g/mol. The van der Waals surface area contributed by atoms with Crippen molar-refractivity contribution in [3.05, 3.63) is 58.7 Å². The average Bonchev–Trinajstić information content (AvgIpc) is 2.62. The van der Waals surface area contributed by atoms with Crippen molar-refractivity contribution in [2.45, 2.75) is 12.5 Å². The molecule has 0 unspecified atom stereocenters. The minimum Gasteiger partial charge on any atom is -0.338 e. The van der Waals surface area contributed by atoms with Crippen LogP contribution in [0.5, 0.6) is 0 Å². The number of nitriles is 1. The summed E-state index contributed by atoms with van der Waals surface area (Å²) in [6.45, 7) is 0. The van der Waals surface area contributed by atoms with Gasteiger partial charge in [-0.1, -0.05) is 0 Å². The number of nitrogens with zero attached hydrogens (tertiary/aromatic N) is 4. The molecule has 2 N–H and O–H groups in total. The molecule has 0 spiro atoms. The molecule has 25 heavy (non-hydrogen) atoms. The highest BCUT2D eigenvalue weighted by molar-refractivity contribution is 6.00. The van der Waals surface area contributed by atoms with Gasteiger partial charge in [0.15, 0.2) is 0 Å². The van der Waals surface area contributed by atoms with Crippen LogP contribution in [-0.2, 0) is 4.79 Å². The number of anilines is 1. The predicted molar refractivity (Wildman–Crippen MR) is 85.2 cm³/mol. The van der Waals surface area contributed by atoms with Crippen molar-refractivity contribution in [1.82, 2.24) is 15.3 Å². The molecule has 126 valence electrons. The summed E-state index contributed by atoms with van der Waals surface area (Å²) in [5, 5.41) is 24.3. The summed E-state index contributed by atoms with van der Waals surface area (Å²) < 4.78 is 0. The Morgan fingerprint density at radius 2 is 2.12 bits per heavy atom. The molecular weight excluding hydrogens is 328 g/mol. The van der Waals surface area contributed by atoms with Crippen molar-refractivity contribution >= 4 is 23.2 Å². The normalized spacial score (nSPS) is 11.0. The van der Waals surface area contributed by atoms with Gasteiger partial charge in [-0.15, -0.1) is 0 Å². The van der Waals surface area contributed by atoms with Gasteiger partial charge in [-0.2, -0.15) is 5.26 Å². The molecule has 0 saturated heterocycles. The van der Waals surface area contributed by atoms with Gasteiger partial charge in [0.1, 0.15) is 17.9 Å². The first-order valence-electron chi connectivity index (χ1n) is 7.00. The Bertz CT molecular complexity index is 816. The molecule has 0 aromatic carbocycles. The van der Waals surface area contributed by atoms with Crippen molar-refractivity contribution < 1.29 is 14.5 Å². The fourth-order valence-electron chi connectivity index (χ4n) is 1.83. The molecule has 2 amide bonds. The molecule has 2 aromatic rings. The molecule has 0 fully saturated rings. The van der Waals surface area contributed by atoms with Crippen molar-refractivity contribution in [2.24, 2.45) is 0 Å². The third kappa shape index (κ3) is 4.80. The fraction of sp³-hybridized carbons (Fsp3) is 0.133. The van der Waals surface area contributed by atoms with E-state index in [4.69, 9.17) is 5.26 Å². The first-order chi connectivity index (χ1) is 12.0. The quantitative estimate of drug-likeness (QED) is 0.588. The van der Waals surface area contributed by atoms with Crippen LogP contribution in [-0.4, -0.2) is 32.7 Å². The van der Waals surface area contributed by atoms with Crippen molar-refractivity contribution in [3.63, 3.8) is 0 Å². The third-order valence-corrected chi connectivity index (χ3v) is 3.04. The van der Waals surface area contributed by atoms with Gasteiger partial charge in [0, 0.05) is 12.3 Å². The number of pyridine rings is 2. The number of carbonyl (C=O) groups is 2. The Kier molecular flexibility index (Phi) is 5.67. The van der Waals surface area contributed by atoms with Crippen LogP contribution >= 0.6 is 0 Å². The van der Waals surface area contributed by atoms with E-state index in [0.717, 1.165) is 18.3 Å². The monoisotopic (exact) mass is 340 g/mol. The maximum absolute atomic E-state index is 12.2. The van der Waals surface area contributed by atoms with Crippen molar-refractivity contribution in [2.75, 3.05) is 5.32 Å². The second-order valence-corrected chi connectivity index (χ2v) is 4.78. The lowest BCUT2D eigenvalue weighted by molar-refractivity contribution is -0.385. The number of nitrogens with one attached hydrogen (secondary N) is 2. The zero-order valence-electron chi connectivity index (χ0n) is 12.7. The van der Waals surface area contributed by atoms with Crippen molar-refractivity contribution in [1.29, 1.82) is 5.26 Å². The molecule has 0 aliphatic rings. The van der Waals surface area contributed by atoms with E-state index < -0.39 is 22.8 Å². The van der Waals surface area contributed by atoms with E-state index >= 15 is 0 Å². The van der Waals surface area contributed by atoms with Gasteiger partial charge in [0.05, 0.1) is 29.3 Å². The van der Waals surface area contributed by atoms with Crippen molar-refractivity contribution in [3.8, 4) is 6.07 Å². The Morgan fingerprint density at radius 1 is 1.32 bits per heavy atom. The van der Waals surface area contributed by atoms with Crippen LogP contribution in [0.2, 0.25) is 0 Å². The zero-order valence-corrected chi connectivity index (χ0v) is 12.7. The highest BCUT2D eigenvalue weighted by Gasteiger charge is 2.22.